The zero-order chi connectivity index (χ0) is 31.8. The normalized spacial score (nSPS) is 22.7. The van der Waals surface area contributed by atoms with Gasteiger partial charge in [0, 0.05) is 30.5 Å². The van der Waals surface area contributed by atoms with E-state index in [9.17, 15) is 14.4 Å². The van der Waals surface area contributed by atoms with Gasteiger partial charge < -0.3 is 25.7 Å². The van der Waals surface area contributed by atoms with Gasteiger partial charge in [0.25, 0.3) is 0 Å². The monoisotopic (exact) mass is 633 g/mol. The van der Waals surface area contributed by atoms with E-state index in [0.717, 1.165) is 54.3 Å². The van der Waals surface area contributed by atoms with Crippen molar-refractivity contribution in [1.29, 1.82) is 0 Å². The van der Waals surface area contributed by atoms with Gasteiger partial charge >= 0.3 is 0 Å². The number of hydrogen-bond donors (Lipinski definition) is 4. The van der Waals surface area contributed by atoms with Crippen LogP contribution in [0.5, 0.6) is 0 Å². The molecule has 0 bridgehead atoms. The molecule has 1 saturated heterocycles. The predicted octanol–water partition coefficient (Wildman–Crippen LogP) is 5.45. The molecule has 2 saturated carbocycles. The number of H-pyrrole nitrogens is 1. The summed E-state index contributed by atoms with van der Waals surface area (Å²) < 4.78 is 5.83. The summed E-state index contributed by atoms with van der Waals surface area (Å²) in [7, 11) is 0. The number of nitrogens with zero attached hydrogens (tertiary/aromatic N) is 1. The Morgan fingerprint density at radius 2 is 1.87 bits per heavy atom. The molecule has 4 N–H and O–H groups in total. The molecule has 6 rings (SSSR count). The van der Waals surface area contributed by atoms with Crippen LogP contribution >= 0.6 is 11.6 Å². The Bertz CT molecular complexity index is 1570. The van der Waals surface area contributed by atoms with Gasteiger partial charge in [0.2, 0.25) is 17.7 Å². The average Bonchev–Trinajstić information content (AvgIpc) is 3.38. The molecule has 1 unspecified atom stereocenters. The Kier molecular flexibility index (Phi) is 8.94. The number of halogens is 1. The molecular weight excluding hydrogens is 590 g/mol. The largest absolute Gasteiger partial charge is 0.380 e. The summed E-state index contributed by atoms with van der Waals surface area (Å²) in [5.74, 6) is 0.345. The highest BCUT2D eigenvalue weighted by atomic mass is 35.5. The van der Waals surface area contributed by atoms with Gasteiger partial charge in [0.1, 0.15) is 11.9 Å². The standard InChI is InChI=1S/C35H44ClN5O4/c1-4-27(42)40-30(28(34(3)15-16-34)23-11-6-7-12-24(23)36)31-38-25-14-13-22(19-26(25)39-31)35(17-18-45-20-35)33(44)41-29(21-9-8-10-21)32(43)37-5-2/h6-7,11-14,19,21,28-30H,4-5,8-10,15-18,20H2,1-3H3,(H,37,43)(H,38,39)(H,40,42)(H,41,44)/t28-,29+,30-,35?/m0/s1. The smallest absolute Gasteiger partial charge is 0.242 e. The second kappa shape index (κ2) is 12.8. The van der Waals surface area contributed by atoms with Crippen molar-refractivity contribution < 1.29 is 19.1 Å². The van der Waals surface area contributed by atoms with E-state index < -0.39 is 17.5 Å². The number of carbonyl (C=O) groups excluding carboxylic acids is 3. The van der Waals surface area contributed by atoms with E-state index in [4.69, 9.17) is 21.3 Å². The van der Waals surface area contributed by atoms with Gasteiger partial charge in [-0.3, -0.25) is 14.4 Å². The Balaban J connectivity index is 1.36. The lowest BCUT2D eigenvalue weighted by atomic mass is 9.76. The molecule has 240 valence electrons. The van der Waals surface area contributed by atoms with Gasteiger partial charge in [-0.1, -0.05) is 56.1 Å². The number of likely N-dealkylation sites (N-methyl/N-ethyl adjacent to an activating group) is 1. The summed E-state index contributed by atoms with van der Waals surface area (Å²) in [5, 5.41) is 9.97. The minimum atomic E-state index is -0.925. The van der Waals surface area contributed by atoms with E-state index in [1.165, 1.54) is 0 Å². The van der Waals surface area contributed by atoms with Gasteiger partial charge in [-0.25, -0.2) is 4.98 Å². The predicted molar refractivity (Wildman–Crippen MR) is 174 cm³/mol. The zero-order valence-corrected chi connectivity index (χ0v) is 27.1. The summed E-state index contributed by atoms with van der Waals surface area (Å²) in [6.07, 6.45) is 5.85. The highest BCUT2D eigenvalue weighted by Crippen LogP contribution is 2.60. The third-order valence-corrected chi connectivity index (χ3v) is 10.7. The fourth-order valence-corrected chi connectivity index (χ4v) is 7.34. The van der Waals surface area contributed by atoms with Crippen molar-refractivity contribution in [1.82, 2.24) is 25.9 Å². The quantitative estimate of drug-likeness (QED) is 0.211. The fraction of sp³-hybridized carbons (Fsp3) is 0.543. The van der Waals surface area contributed by atoms with Gasteiger partial charge in [0.15, 0.2) is 0 Å². The molecule has 10 heteroatoms. The first kappa shape index (κ1) is 31.5. The van der Waals surface area contributed by atoms with E-state index in [2.05, 4.69) is 27.9 Å². The average molecular weight is 634 g/mol. The fourth-order valence-electron chi connectivity index (χ4n) is 7.09. The van der Waals surface area contributed by atoms with Crippen molar-refractivity contribution in [2.75, 3.05) is 19.8 Å². The molecule has 3 aliphatic rings. The Hall–Kier alpha value is -3.43. The Morgan fingerprint density at radius 1 is 1.09 bits per heavy atom. The Labute approximate surface area is 269 Å². The van der Waals surface area contributed by atoms with E-state index in [0.29, 0.717) is 36.8 Å². The molecule has 0 radical (unpaired) electrons. The number of carbonyl (C=O) groups is 3. The summed E-state index contributed by atoms with van der Waals surface area (Å²) in [6.45, 7) is 7.18. The zero-order valence-electron chi connectivity index (χ0n) is 26.4. The molecule has 3 aromatic rings. The molecular formula is C35H44ClN5O4. The van der Waals surface area contributed by atoms with Crippen LogP contribution in [-0.2, 0) is 24.5 Å². The van der Waals surface area contributed by atoms with Crippen LogP contribution in [-0.4, -0.2) is 53.5 Å². The molecule has 2 aromatic carbocycles. The maximum atomic E-state index is 14.1. The topological polar surface area (TPSA) is 125 Å². The molecule has 1 aromatic heterocycles. The third-order valence-electron chi connectivity index (χ3n) is 10.3. The molecule has 2 heterocycles. The van der Waals surface area contributed by atoms with Gasteiger partial charge in [-0.05, 0) is 79.7 Å². The molecule has 3 amide bonds. The van der Waals surface area contributed by atoms with Crippen LogP contribution in [0.3, 0.4) is 0 Å². The second-order valence-corrected chi connectivity index (χ2v) is 13.7. The number of fused-ring (bicyclic) bond motifs is 1. The van der Waals surface area contributed by atoms with Gasteiger partial charge in [0.05, 0.1) is 29.1 Å². The van der Waals surface area contributed by atoms with E-state index >= 15 is 0 Å². The lowest BCUT2D eigenvalue weighted by Crippen LogP contribution is -2.57. The van der Waals surface area contributed by atoms with Crippen molar-refractivity contribution in [2.24, 2.45) is 11.3 Å². The number of aromatic amines is 1. The molecule has 0 spiro atoms. The lowest BCUT2D eigenvalue weighted by Gasteiger charge is -2.36. The number of hydrogen-bond acceptors (Lipinski definition) is 5. The minimum absolute atomic E-state index is 0.0365. The number of nitrogens with one attached hydrogen (secondary N) is 4. The highest BCUT2D eigenvalue weighted by Gasteiger charge is 2.51. The van der Waals surface area contributed by atoms with Crippen LogP contribution in [0.15, 0.2) is 42.5 Å². The summed E-state index contributed by atoms with van der Waals surface area (Å²) in [4.78, 5) is 48.4. The maximum absolute atomic E-state index is 14.1. The highest BCUT2D eigenvalue weighted by molar-refractivity contribution is 6.31. The molecule has 4 atom stereocenters. The minimum Gasteiger partial charge on any atom is -0.380 e. The number of imidazole rings is 1. The van der Waals surface area contributed by atoms with Gasteiger partial charge in [-0.15, -0.1) is 0 Å². The first-order valence-corrected chi connectivity index (χ1v) is 16.8. The number of aromatic nitrogens is 2. The number of benzene rings is 2. The van der Waals surface area contributed by atoms with Crippen molar-refractivity contribution in [3.8, 4) is 0 Å². The van der Waals surface area contributed by atoms with Crippen molar-refractivity contribution in [3.63, 3.8) is 0 Å². The van der Waals surface area contributed by atoms with Crippen molar-refractivity contribution in [2.45, 2.75) is 89.1 Å². The van der Waals surface area contributed by atoms with Crippen molar-refractivity contribution >= 4 is 40.4 Å². The molecule has 9 nitrogen and oxygen atoms in total. The molecule has 45 heavy (non-hydrogen) atoms. The third kappa shape index (κ3) is 6.09. The first-order valence-electron chi connectivity index (χ1n) is 16.4. The van der Waals surface area contributed by atoms with E-state index in [-0.39, 0.29) is 41.6 Å². The number of ether oxygens (including phenoxy) is 1. The molecule has 2 aliphatic carbocycles. The van der Waals surface area contributed by atoms with Crippen LogP contribution < -0.4 is 16.0 Å². The van der Waals surface area contributed by atoms with Crippen LogP contribution in [0.2, 0.25) is 5.02 Å². The number of rotatable bonds is 12. The summed E-state index contributed by atoms with van der Waals surface area (Å²) in [6, 6.07) is 12.7. The Morgan fingerprint density at radius 3 is 2.49 bits per heavy atom. The van der Waals surface area contributed by atoms with Gasteiger partial charge in [-0.2, -0.15) is 0 Å². The van der Waals surface area contributed by atoms with Crippen LogP contribution in [0.25, 0.3) is 11.0 Å². The maximum Gasteiger partial charge on any atom is 0.242 e. The molecule has 1 aliphatic heterocycles. The summed E-state index contributed by atoms with van der Waals surface area (Å²) in [5.41, 5.74) is 2.36. The van der Waals surface area contributed by atoms with E-state index in [1.807, 2.05) is 56.3 Å². The molecule has 3 fully saturated rings. The van der Waals surface area contributed by atoms with Crippen LogP contribution in [0, 0.1) is 11.3 Å². The van der Waals surface area contributed by atoms with Crippen LogP contribution in [0.4, 0.5) is 0 Å². The van der Waals surface area contributed by atoms with Crippen molar-refractivity contribution in [3.05, 3.63) is 64.4 Å². The summed E-state index contributed by atoms with van der Waals surface area (Å²) >= 11 is 6.76. The van der Waals surface area contributed by atoms with E-state index in [1.54, 1.807) is 0 Å². The second-order valence-electron chi connectivity index (χ2n) is 13.3. The first-order chi connectivity index (χ1) is 21.7. The van der Waals surface area contributed by atoms with Crippen LogP contribution in [0.1, 0.15) is 94.6 Å². The number of amides is 3. The lowest BCUT2D eigenvalue weighted by molar-refractivity contribution is -0.134. The SMILES string of the molecule is CCNC(=O)[C@H](NC(=O)C1(c2ccc3nc([C@@H](NC(=O)CC)[C@H](c4ccccc4Cl)C4(C)CC4)[nH]c3c2)CCOC1)C1CCC1.